The normalized spacial score (nSPS) is 17.2. The van der Waals surface area contributed by atoms with Crippen molar-refractivity contribution in [1.82, 2.24) is 10.3 Å². The van der Waals surface area contributed by atoms with Crippen LogP contribution in [0.2, 0.25) is 0 Å². The average Bonchev–Trinajstić information content (AvgIpc) is 3.15. The van der Waals surface area contributed by atoms with Crippen LogP contribution in [0.25, 0.3) is 10.9 Å². The first kappa shape index (κ1) is 14.1. The number of carbonyl (C=O) groups is 1. The van der Waals surface area contributed by atoms with Crippen LogP contribution in [0.15, 0.2) is 30.5 Å². The first-order valence-corrected chi connectivity index (χ1v) is 7.82. The molecule has 0 radical (unpaired) electrons. The van der Waals surface area contributed by atoms with Crippen molar-refractivity contribution >= 4 is 16.8 Å². The van der Waals surface area contributed by atoms with Crippen LogP contribution < -0.4 is 11.1 Å². The van der Waals surface area contributed by atoms with Crippen molar-refractivity contribution < 1.29 is 4.79 Å². The van der Waals surface area contributed by atoms with Crippen LogP contribution in [0.1, 0.15) is 31.2 Å². The first-order chi connectivity index (χ1) is 10.2. The Bertz CT molecular complexity index is 613. The van der Waals surface area contributed by atoms with Crippen LogP contribution >= 0.6 is 0 Å². The van der Waals surface area contributed by atoms with Gasteiger partial charge in [0.05, 0.1) is 6.04 Å². The number of carbonyl (C=O) groups excluding carboxylic acids is 1. The van der Waals surface area contributed by atoms with E-state index in [0.717, 1.165) is 23.0 Å². The Balaban J connectivity index is 1.57. The molecule has 0 unspecified atom stereocenters. The van der Waals surface area contributed by atoms with Crippen molar-refractivity contribution in [2.24, 2.45) is 11.7 Å². The van der Waals surface area contributed by atoms with Gasteiger partial charge in [-0.05, 0) is 36.8 Å². The molecule has 4 N–H and O–H groups in total. The Hall–Kier alpha value is -1.81. The molecule has 1 heterocycles. The number of para-hydroxylation sites is 1. The maximum absolute atomic E-state index is 12.1. The molecule has 0 saturated heterocycles. The number of fused-ring (bicyclic) bond motifs is 1. The highest BCUT2D eigenvalue weighted by atomic mass is 16.2. The molecule has 3 rings (SSSR count). The van der Waals surface area contributed by atoms with E-state index in [2.05, 4.69) is 16.4 Å². The van der Waals surface area contributed by atoms with Crippen molar-refractivity contribution in [2.45, 2.75) is 38.1 Å². The minimum atomic E-state index is -0.481. The summed E-state index contributed by atoms with van der Waals surface area (Å²) in [5.41, 5.74) is 8.25. The van der Waals surface area contributed by atoms with Gasteiger partial charge in [-0.25, -0.2) is 0 Å². The van der Waals surface area contributed by atoms with Gasteiger partial charge in [-0.15, -0.1) is 0 Å². The van der Waals surface area contributed by atoms with E-state index >= 15 is 0 Å². The zero-order valence-corrected chi connectivity index (χ0v) is 12.3. The van der Waals surface area contributed by atoms with E-state index in [0.29, 0.717) is 12.3 Å². The minimum Gasteiger partial charge on any atom is -0.361 e. The van der Waals surface area contributed by atoms with E-state index in [1.165, 1.54) is 25.7 Å². The van der Waals surface area contributed by atoms with E-state index in [-0.39, 0.29) is 5.91 Å². The number of aromatic nitrogens is 1. The summed E-state index contributed by atoms with van der Waals surface area (Å²) in [6.45, 7) is 0.778. The van der Waals surface area contributed by atoms with E-state index < -0.39 is 6.04 Å². The second kappa shape index (κ2) is 6.31. The van der Waals surface area contributed by atoms with Crippen LogP contribution in [0.3, 0.4) is 0 Å². The molecule has 0 bridgehead atoms. The number of nitrogens with one attached hydrogen (secondary N) is 2. The second-order valence-corrected chi connectivity index (χ2v) is 6.07. The highest BCUT2D eigenvalue weighted by Gasteiger charge is 2.19. The van der Waals surface area contributed by atoms with E-state index in [9.17, 15) is 4.79 Å². The molecule has 0 spiro atoms. The van der Waals surface area contributed by atoms with Crippen LogP contribution in [0.5, 0.6) is 0 Å². The average molecular weight is 285 g/mol. The van der Waals surface area contributed by atoms with Crippen LogP contribution in [-0.4, -0.2) is 23.5 Å². The molecule has 1 aliphatic carbocycles. The summed E-state index contributed by atoms with van der Waals surface area (Å²) in [5.74, 6) is 0.612. The molecule has 4 nitrogen and oxygen atoms in total. The number of rotatable bonds is 5. The van der Waals surface area contributed by atoms with Crippen LogP contribution in [0.4, 0.5) is 0 Å². The Morgan fingerprint density at radius 1 is 1.33 bits per heavy atom. The fraction of sp³-hybridized carbons (Fsp3) is 0.471. The van der Waals surface area contributed by atoms with Crippen molar-refractivity contribution in [3.8, 4) is 0 Å². The number of hydrogen-bond acceptors (Lipinski definition) is 2. The number of amides is 1. The van der Waals surface area contributed by atoms with E-state index in [4.69, 9.17) is 5.73 Å². The van der Waals surface area contributed by atoms with E-state index in [1.54, 1.807) is 0 Å². The predicted octanol–water partition coefficient (Wildman–Crippen LogP) is 2.34. The van der Waals surface area contributed by atoms with Crippen molar-refractivity contribution in [3.05, 3.63) is 36.0 Å². The third-order valence-electron chi connectivity index (χ3n) is 4.49. The summed E-state index contributed by atoms with van der Waals surface area (Å²) >= 11 is 0. The highest BCUT2D eigenvalue weighted by molar-refractivity contribution is 5.86. The summed E-state index contributed by atoms with van der Waals surface area (Å²) in [6, 6.07) is 7.61. The molecule has 1 atom stereocenters. The lowest BCUT2D eigenvalue weighted by Crippen LogP contribution is -2.43. The molecular formula is C17H23N3O. The zero-order chi connectivity index (χ0) is 14.7. The lowest BCUT2D eigenvalue weighted by Gasteiger charge is -2.14. The molecule has 1 saturated carbocycles. The second-order valence-electron chi connectivity index (χ2n) is 6.07. The molecule has 2 aromatic rings. The number of H-pyrrole nitrogens is 1. The minimum absolute atomic E-state index is 0.0350. The number of benzene rings is 1. The topological polar surface area (TPSA) is 70.9 Å². The fourth-order valence-corrected chi connectivity index (χ4v) is 3.22. The molecule has 1 aromatic carbocycles. The Kier molecular flexibility index (Phi) is 4.25. The van der Waals surface area contributed by atoms with Gasteiger partial charge in [0.25, 0.3) is 0 Å². The summed E-state index contributed by atoms with van der Waals surface area (Å²) in [5, 5.41) is 4.16. The van der Waals surface area contributed by atoms with Gasteiger partial charge in [-0.2, -0.15) is 0 Å². The van der Waals surface area contributed by atoms with Gasteiger partial charge in [0.15, 0.2) is 0 Å². The number of aromatic amines is 1. The lowest BCUT2D eigenvalue weighted by atomic mass is 10.0. The molecule has 1 aromatic heterocycles. The molecule has 4 heteroatoms. The number of hydrogen-bond donors (Lipinski definition) is 3. The van der Waals surface area contributed by atoms with Crippen LogP contribution in [0, 0.1) is 5.92 Å². The van der Waals surface area contributed by atoms with Crippen LogP contribution in [-0.2, 0) is 11.2 Å². The summed E-state index contributed by atoms with van der Waals surface area (Å²) in [7, 11) is 0. The summed E-state index contributed by atoms with van der Waals surface area (Å²) in [6.07, 6.45) is 7.58. The molecule has 1 aliphatic rings. The Labute approximate surface area is 125 Å². The molecule has 112 valence electrons. The smallest absolute Gasteiger partial charge is 0.237 e. The largest absolute Gasteiger partial charge is 0.361 e. The van der Waals surface area contributed by atoms with Gasteiger partial charge in [0.1, 0.15) is 0 Å². The van der Waals surface area contributed by atoms with Gasteiger partial charge in [0, 0.05) is 23.6 Å². The van der Waals surface area contributed by atoms with E-state index in [1.807, 2.05) is 24.4 Å². The zero-order valence-electron chi connectivity index (χ0n) is 12.3. The molecule has 21 heavy (non-hydrogen) atoms. The maximum atomic E-state index is 12.1. The molecule has 1 fully saturated rings. The van der Waals surface area contributed by atoms with Crippen molar-refractivity contribution in [1.29, 1.82) is 0 Å². The Morgan fingerprint density at radius 2 is 2.10 bits per heavy atom. The highest BCUT2D eigenvalue weighted by Crippen LogP contribution is 2.23. The quantitative estimate of drug-likeness (QED) is 0.789. The van der Waals surface area contributed by atoms with Crippen molar-refractivity contribution in [3.63, 3.8) is 0 Å². The summed E-state index contributed by atoms with van der Waals surface area (Å²) < 4.78 is 0. The SMILES string of the molecule is N[C@H](Cc1c[nH]c2ccccc12)C(=O)NCC1CCCC1. The Morgan fingerprint density at radius 3 is 2.90 bits per heavy atom. The van der Waals surface area contributed by atoms with Gasteiger partial charge in [-0.1, -0.05) is 31.0 Å². The van der Waals surface area contributed by atoms with Crippen molar-refractivity contribution in [2.75, 3.05) is 6.54 Å². The molecule has 0 aliphatic heterocycles. The van der Waals surface area contributed by atoms with Gasteiger partial charge < -0.3 is 16.0 Å². The standard InChI is InChI=1S/C17H23N3O/c18-15(17(21)20-10-12-5-1-2-6-12)9-13-11-19-16-8-4-3-7-14(13)16/h3-4,7-8,11-12,15,19H,1-2,5-6,9-10,18H2,(H,20,21)/t15-/m1/s1. The molecule has 1 amide bonds. The van der Waals surface area contributed by atoms with Gasteiger partial charge in [0.2, 0.25) is 5.91 Å². The monoisotopic (exact) mass is 285 g/mol. The third kappa shape index (κ3) is 3.27. The third-order valence-corrected chi connectivity index (χ3v) is 4.49. The van der Waals surface area contributed by atoms with Gasteiger partial charge in [-0.3, -0.25) is 4.79 Å². The lowest BCUT2D eigenvalue weighted by molar-refractivity contribution is -0.122. The van der Waals surface area contributed by atoms with Gasteiger partial charge >= 0.3 is 0 Å². The maximum Gasteiger partial charge on any atom is 0.237 e. The molecular weight excluding hydrogens is 262 g/mol. The predicted molar refractivity (Wildman–Crippen MR) is 84.9 cm³/mol. The number of nitrogens with two attached hydrogens (primary N) is 1. The first-order valence-electron chi connectivity index (χ1n) is 7.82. The fourth-order valence-electron chi connectivity index (χ4n) is 3.22. The summed E-state index contributed by atoms with van der Waals surface area (Å²) in [4.78, 5) is 15.3.